The second-order valence-corrected chi connectivity index (χ2v) is 9.64. The quantitative estimate of drug-likeness (QED) is 0.264. The van der Waals surface area contributed by atoms with Crippen LogP contribution in [0.3, 0.4) is 0 Å². The zero-order chi connectivity index (χ0) is 27.4. The molecule has 0 fully saturated rings. The Hall–Kier alpha value is -3.88. The van der Waals surface area contributed by atoms with Gasteiger partial charge in [-0.25, -0.2) is 4.79 Å². The maximum Gasteiger partial charge on any atom is 0.331 e. The molecule has 1 aromatic carbocycles. The van der Waals surface area contributed by atoms with E-state index in [9.17, 15) is 14.4 Å². The third-order valence-electron chi connectivity index (χ3n) is 6.70. The van der Waals surface area contributed by atoms with Crippen LogP contribution in [0.15, 0.2) is 52.3 Å². The molecule has 0 radical (unpaired) electrons. The number of benzene rings is 1. The van der Waals surface area contributed by atoms with Gasteiger partial charge >= 0.3 is 11.7 Å². The molecule has 3 aromatic heterocycles. The lowest BCUT2D eigenvalue weighted by molar-refractivity contribution is -0.153. The van der Waals surface area contributed by atoms with Crippen LogP contribution < -0.4 is 11.2 Å². The molecule has 9 heteroatoms. The van der Waals surface area contributed by atoms with Gasteiger partial charge in [0.2, 0.25) is 0 Å². The second kappa shape index (κ2) is 11.7. The minimum absolute atomic E-state index is 0.291. The predicted octanol–water partition coefficient (Wildman–Crippen LogP) is 4.87. The van der Waals surface area contributed by atoms with E-state index in [1.165, 1.54) is 10.1 Å². The standard InChI is InChI=1S/C29H37N5O4/c1-6-11-26(35)38-25(8-3)34-23(22-17-30-31(19-22)18-21-13-10-12-20(5)15-21)16-24-27(34)28(36)33(14-7-2)29(37)32(24)9-4/h10,12-13,15-17,19,25H,6-9,11,14,18H2,1-5H3. The maximum absolute atomic E-state index is 13.8. The van der Waals surface area contributed by atoms with Gasteiger partial charge in [-0.15, -0.1) is 0 Å². The molecule has 9 nitrogen and oxygen atoms in total. The molecule has 3 heterocycles. The molecule has 0 bridgehead atoms. The minimum atomic E-state index is -0.702. The van der Waals surface area contributed by atoms with Gasteiger partial charge in [0.25, 0.3) is 5.56 Å². The minimum Gasteiger partial charge on any atom is -0.441 e. The molecule has 38 heavy (non-hydrogen) atoms. The zero-order valence-corrected chi connectivity index (χ0v) is 22.9. The van der Waals surface area contributed by atoms with E-state index >= 15 is 0 Å². The van der Waals surface area contributed by atoms with Gasteiger partial charge in [-0.05, 0) is 38.3 Å². The maximum atomic E-state index is 13.8. The van der Waals surface area contributed by atoms with E-state index in [1.807, 2.05) is 50.7 Å². The number of aromatic nitrogens is 5. The van der Waals surface area contributed by atoms with Crippen LogP contribution in [0, 0.1) is 6.92 Å². The fourth-order valence-corrected chi connectivity index (χ4v) is 4.95. The SMILES string of the molecule is CCCC(=O)OC(CC)n1c(-c2cnn(Cc3cccc(C)c3)c2)cc2c1c(=O)n(CCC)c(=O)n2CC. The van der Waals surface area contributed by atoms with Crippen LogP contribution in [0.1, 0.15) is 70.7 Å². The summed E-state index contributed by atoms with van der Waals surface area (Å²) in [6.45, 7) is 11.0. The fraction of sp³-hybridized carbons (Fsp3) is 0.448. The molecule has 1 atom stereocenters. The Bertz CT molecular complexity index is 1560. The average molecular weight is 520 g/mol. The molecule has 0 aliphatic heterocycles. The van der Waals surface area contributed by atoms with Crippen LogP contribution in [-0.2, 0) is 29.2 Å². The highest BCUT2D eigenvalue weighted by Gasteiger charge is 2.26. The Kier molecular flexibility index (Phi) is 8.34. The van der Waals surface area contributed by atoms with Gasteiger partial charge in [0.15, 0.2) is 6.23 Å². The van der Waals surface area contributed by atoms with Crippen molar-refractivity contribution >= 4 is 17.0 Å². The highest BCUT2D eigenvalue weighted by molar-refractivity contribution is 5.84. The number of carbonyl (C=O) groups excluding carboxylic acids is 1. The molecule has 0 saturated heterocycles. The van der Waals surface area contributed by atoms with Crippen molar-refractivity contribution in [3.63, 3.8) is 0 Å². The number of ether oxygens (including phenoxy) is 1. The van der Waals surface area contributed by atoms with Crippen molar-refractivity contribution in [1.82, 2.24) is 23.5 Å². The third kappa shape index (κ3) is 5.23. The first-order valence-electron chi connectivity index (χ1n) is 13.5. The third-order valence-corrected chi connectivity index (χ3v) is 6.70. The van der Waals surface area contributed by atoms with Crippen molar-refractivity contribution in [2.24, 2.45) is 0 Å². The van der Waals surface area contributed by atoms with E-state index in [0.717, 1.165) is 11.1 Å². The lowest BCUT2D eigenvalue weighted by Gasteiger charge is -2.22. The van der Waals surface area contributed by atoms with Gasteiger partial charge in [-0.3, -0.25) is 28.0 Å². The Morgan fingerprint density at radius 2 is 1.84 bits per heavy atom. The fourth-order valence-electron chi connectivity index (χ4n) is 4.95. The number of aryl methyl sites for hydroxylation is 2. The molecular formula is C29H37N5O4. The average Bonchev–Trinajstić information content (AvgIpc) is 3.50. The van der Waals surface area contributed by atoms with Crippen molar-refractivity contribution in [3.8, 4) is 11.3 Å². The molecule has 202 valence electrons. The summed E-state index contributed by atoms with van der Waals surface area (Å²) in [5.74, 6) is -0.319. The molecule has 4 aromatic rings. The number of hydrogen-bond acceptors (Lipinski definition) is 5. The molecule has 0 spiro atoms. The normalized spacial score (nSPS) is 12.2. The predicted molar refractivity (Wildman–Crippen MR) is 148 cm³/mol. The number of nitrogens with zero attached hydrogens (tertiary/aromatic N) is 5. The summed E-state index contributed by atoms with van der Waals surface area (Å²) in [5.41, 5.74) is 3.94. The van der Waals surface area contributed by atoms with Crippen molar-refractivity contribution in [1.29, 1.82) is 0 Å². The van der Waals surface area contributed by atoms with E-state index < -0.39 is 6.23 Å². The number of carbonyl (C=O) groups is 1. The molecular weight excluding hydrogens is 482 g/mol. The van der Waals surface area contributed by atoms with Crippen LogP contribution in [0.4, 0.5) is 0 Å². The number of rotatable bonds is 11. The zero-order valence-electron chi connectivity index (χ0n) is 22.9. The van der Waals surface area contributed by atoms with E-state index in [-0.39, 0.29) is 17.2 Å². The molecule has 0 amide bonds. The first kappa shape index (κ1) is 27.2. The number of hydrogen-bond donors (Lipinski definition) is 0. The van der Waals surface area contributed by atoms with E-state index in [1.54, 1.807) is 15.3 Å². The number of esters is 1. The molecule has 1 unspecified atom stereocenters. The van der Waals surface area contributed by atoms with Crippen molar-refractivity contribution in [2.45, 2.75) is 86.2 Å². The summed E-state index contributed by atoms with van der Waals surface area (Å²) in [4.78, 5) is 39.6. The second-order valence-electron chi connectivity index (χ2n) is 9.64. The lowest BCUT2D eigenvalue weighted by Crippen LogP contribution is -2.40. The molecule has 0 aliphatic carbocycles. The van der Waals surface area contributed by atoms with Crippen LogP contribution in [0.2, 0.25) is 0 Å². The van der Waals surface area contributed by atoms with Crippen LogP contribution in [-0.4, -0.2) is 29.5 Å². The topological polar surface area (TPSA) is 93.1 Å². The van der Waals surface area contributed by atoms with Crippen molar-refractivity contribution < 1.29 is 9.53 Å². The highest BCUT2D eigenvalue weighted by Crippen LogP contribution is 2.32. The van der Waals surface area contributed by atoms with Gasteiger partial charge in [0.05, 0.1) is 24.0 Å². The molecule has 4 rings (SSSR count). The summed E-state index contributed by atoms with van der Waals surface area (Å²) in [6, 6.07) is 10.1. The smallest absolute Gasteiger partial charge is 0.331 e. The van der Waals surface area contributed by atoms with Crippen LogP contribution >= 0.6 is 0 Å². The van der Waals surface area contributed by atoms with Crippen LogP contribution in [0.25, 0.3) is 22.3 Å². The van der Waals surface area contributed by atoms with Gasteiger partial charge in [-0.1, -0.05) is 50.6 Å². The lowest BCUT2D eigenvalue weighted by atomic mass is 10.1. The van der Waals surface area contributed by atoms with Gasteiger partial charge in [0.1, 0.15) is 5.52 Å². The largest absolute Gasteiger partial charge is 0.441 e. The first-order valence-corrected chi connectivity index (χ1v) is 13.5. The van der Waals surface area contributed by atoms with Gasteiger partial charge in [-0.2, -0.15) is 5.10 Å². The Morgan fingerprint density at radius 1 is 1.05 bits per heavy atom. The van der Waals surface area contributed by atoms with E-state index in [2.05, 4.69) is 30.2 Å². The van der Waals surface area contributed by atoms with Gasteiger partial charge in [0, 0.05) is 37.7 Å². The van der Waals surface area contributed by atoms with Crippen LogP contribution in [0.5, 0.6) is 0 Å². The summed E-state index contributed by atoms with van der Waals surface area (Å²) in [7, 11) is 0. The molecule has 0 N–H and O–H groups in total. The molecule has 0 aliphatic rings. The van der Waals surface area contributed by atoms with Gasteiger partial charge < -0.3 is 4.74 Å². The van der Waals surface area contributed by atoms with Crippen molar-refractivity contribution in [3.05, 3.63) is 74.7 Å². The summed E-state index contributed by atoms with van der Waals surface area (Å²) < 4.78 is 12.4. The Labute approximate surface area is 222 Å². The van der Waals surface area contributed by atoms with E-state index in [4.69, 9.17) is 4.74 Å². The summed E-state index contributed by atoms with van der Waals surface area (Å²) in [6.07, 6.45) is 5.03. The summed E-state index contributed by atoms with van der Waals surface area (Å²) >= 11 is 0. The molecule has 0 saturated carbocycles. The summed E-state index contributed by atoms with van der Waals surface area (Å²) in [5, 5.41) is 4.58. The Morgan fingerprint density at radius 3 is 2.50 bits per heavy atom. The highest BCUT2D eigenvalue weighted by atomic mass is 16.6. The Balaban J connectivity index is 1.94. The first-order chi connectivity index (χ1) is 18.3. The monoisotopic (exact) mass is 519 g/mol. The van der Waals surface area contributed by atoms with Crippen molar-refractivity contribution in [2.75, 3.05) is 0 Å². The van der Waals surface area contributed by atoms with E-state index in [0.29, 0.717) is 62.0 Å². The number of fused-ring (bicyclic) bond motifs is 1.